The highest BCUT2D eigenvalue weighted by Crippen LogP contribution is 2.22. The summed E-state index contributed by atoms with van der Waals surface area (Å²) in [7, 11) is 0. The molecule has 0 bridgehead atoms. The van der Waals surface area contributed by atoms with Crippen LogP contribution in [-0.2, 0) is 0 Å². The first-order valence-corrected chi connectivity index (χ1v) is 4.51. The SMILES string of the molecule is Nc1ccc(Cl)cc1NCCCO. The van der Waals surface area contributed by atoms with Gasteiger partial charge in [0, 0.05) is 18.2 Å². The van der Waals surface area contributed by atoms with E-state index in [1.165, 1.54) is 0 Å². The third-order valence-electron chi connectivity index (χ3n) is 1.67. The summed E-state index contributed by atoms with van der Waals surface area (Å²) in [5.74, 6) is 0. The maximum atomic E-state index is 8.57. The summed E-state index contributed by atoms with van der Waals surface area (Å²) in [4.78, 5) is 0. The highest BCUT2D eigenvalue weighted by Gasteiger charge is 1.98. The summed E-state index contributed by atoms with van der Waals surface area (Å²) in [6.07, 6.45) is 0.700. The van der Waals surface area contributed by atoms with E-state index in [2.05, 4.69) is 5.32 Å². The van der Waals surface area contributed by atoms with E-state index in [1.807, 2.05) is 0 Å². The van der Waals surface area contributed by atoms with Crippen molar-refractivity contribution in [2.75, 3.05) is 24.2 Å². The van der Waals surface area contributed by atoms with Crippen molar-refractivity contribution in [2.24, 2.45) is 0 Å². The fourth-order valence-electron chi connectivity index (χ4n) is 0.984. The van der Waals surface area contributed by atoms with Crippen LogP contribution >= 0.6 is 11.6 Å². The second kappa shape index (κ2) is 4.94. The number of halogens is 1. The maximum absolute atomic E-state index is 8.57. The van der Waals surface area contributed by atoms with Crippen molar-refractivity contribution in [3.8, 4) is 0 Å². The van der Waals surface area contributed by atoms with Gasteiger partial charge in [0.1, 0.15) is 0 Å². The van der Waals surface area contributed by atoms with Crippen molar-refractivity contribution < 1.29 is 5.11 Å². The Labute approximate surface area is 82.5 Å². The molecule has 0 amide bonds. The molecular formula is C9H13ClN2O. The molecule has 0 aliphatic heterocycles. The number of anilines is 2. The van der Waals surface area contributed by atoms with E-state index in [0.29, 0.717) is 23.7 Å². The smallest absolute Gasteiger partial charge is 0.0588 e. The summed E-state index contributed by atoms with van der Waals surface area (Å²) in [6, 6.07) is 5.27. The number of nitrogens with two attached hydrogens (primary N) is 1. The van der Waals surface area contributed by atoms with Gasteiger partial charge in [-0.2, -0.15) is 0 Å². The number of aliphatic hydroxyl groups is 1. The third kappa shape index (κ3) is 3.13. The molecule has 0 aliphatic rings. The molecule has 1 rings (SSSR count). The Hall–Kier alpha value is -0.930. The normalized spacial score (nSPS) is 10.0. The number of rotatable bonds is 4. The quantitative estimate of drug-likeness (QED) is 0.513. The Balaban J connectivity index is 2.59. The Morgan fingerprint density at radius 1 is 1.46 bits per heavy atom. The minimum absolute atomic E-state index is 0.174. The molecule has 1 aromatic rings. The molecule has 72 valence electrons. The van der Waals surface area contributed by atoms with Crippen LogP contribution in [0.15, 0.2) is 18.2 Å². The Morgan fingerprint density at radius 2 is 2.23 bits per heavy atom. The van der Waals surface area contributed by atoms with Crippen LogP contribution in [0.5, 0.6) is 0 Å². The molecule has 13 heavy (non-hydrogen) atoms. The second-order valence-electron chi connectivity index (χ2n) is 2.74. The van der Waals surface area contributed by atoms with E-state index in [0.717, 1.165) is 5.69 Å². The number of nitrogen functional groups attached to an aromatic ring is 1. The Bertz CT molecular complexity index is 278. The molecule has 0 fully saturated rings. The largest absolute Gasteiger partial charge is 0.397 e. The van der Waals surface area contributed by atoms with E-state index in [4.69, 9.17) is 22.4 Å². The molecule has 0 unspecified atom stereocenters. The van der Waals surface area contributed by atoms with Crippen LogP contribution in [0.1, 0.15) is 6.42 Å². The van der Waals surface area contributed by atoms with E-state index in [-0.39, 0.29) is 6.61 Å². The lowest BCUT2D eigenvalue weighted by atomic mass is 10.2. The van der Waals surface area contributed by atoms with E-state index >= 15 is 0 Å². The molecule has 0 aliphatic carbocycles. The predicted molar refractivity (Wildman–Crippen MR) is 56.1 cm³/mol. The lowest BCUT2D eigenvalue weighted by molar-refractivity contribution is 0.292. The zero-order valence-electron chi connectivity index (χ0n) is 7.26. The van der Waals surface area contributed by atoms with Crippen molar-refractivity contribution in [1.82, 2.24) is 0 Å². The molecule has 0 radical (unpaired) electrons. The first-order chi connectivity index (χ1) is 6.24. The standard InChI is InChI=1S/C9H13ClN2O/c10-7-2-3-8(11)9(6-7)12-4-1-5-13/h2-3,6,12-13H,1,4-5,11H2. The average molecular weight is 201 g/mol. The van der Waals surface area contributed by atoms with Crippen LogP contribution in [0.3, 0.4) is 0 Å². The fraction of sp³-hybridized carbons (Fsp3) is 0.333. The van der Waals surface area contributed by atoms with Crippen LogP contribution < -0.4 is 11.1 Å². The van der Waals surface area contributed by atoms with Crippen molar-refractivity contribution >= 4 is 23.0 Å². The fourth-order valence-corrected chi connectivity index (χ4v) is 1.16. The van der Waals surface area contributed by atoms with Gasteiger partial charge >= 0.3 is 0 Å². The van der Waals surface area contributed by atoms with Gasteiger partial charge in [-0.15, -0.1) is 0 Å². The van der Waals surface area contributed by atoms with Crippen molar-refractivity contribution in [1.29, 1.82) is 0 Å². The Kier molecular flexibility index (Phi) is 3.86. The predicted octanol–water partition coefficient (Wildman–Crippen LogP) is 1.72. The topological polar surface area (TPSA) is 58.3 Å². The maximum Gasteiger partial charge on any atom is 0.0588 e. The van der Waals surface area contributed by atoms with Crippen molar-refractivity contribution in [3.63, 3.8) is 0 Å². The molecule has 1 aromatic carbocycles. The first kappa shape index (κ1) is 10.2. The summed E-state index contributed by atoms with van der Waals surface area (Å²) >= 11 is 5.78. The molecule has 0 saturated heterocycles. The lowest BCUT2D eigenvalue weighted by Crippen LogP contribution is -2.05. The van der Waals surface area contributed by atoms with Crippen LogP contribution in [-0.4, -0.2) is 18.3 Å². The molecule has 0 aromatic heterocycles. The van der Waals surface area contributed by atoms with Gasteiger partial charge in [-0.1, -0.05) is 11.6 Å². The highest BCUT2D eigenvalue weighted by molar-refractivity contribution is 6.31. The van der Waals surface area contributed by atoms with E-state index in [9.17, 15) is 0 Å². The Morgan fingerprint density at radius 3 is 2.92 bits per heavy atom. The zero-order valence-corrected chi connectivity index (χ0v) is 8.01. The number of aliphatic hydroxyl groups excluding tert-OH is 1. The monoisotopic (exact) mass is 200 g/mol. The molecule has 4 N–H and O–H groups in total. The van der Waals surface area contributed by atoms with Gasteiger partial charge in [-0.25, -0.2) is 0 Å². The average Bonchev–Trinajstić information content (AvgIpc) is 2.11. The molecule has 3 nitrogen and oxygen atoms in total. The van der Waals surface area contributed by atoms with E-state index < -0.39 is 0 Å². The second-order valence-corrected chi connectivity index (χ2v) is 3.17. The first-order valence-electron chi connectivity index (χ1n) is 4.14. The van der Waals surface area contributed by atoms with Gasteiger partial charge in [0.05, 0.1) is 11.4 Å². The summed E-state index contributed by atoms with van der Waals surface area (Å²) in [5, 5.41) is 12.3. The van der Waals surface area contributed by atoms with Crippen LogP contribution in [0.4, 0.5) is 11.4 Å². The number of hydrogen-bond donors (Lipinski definition) is 3. The minimum Gasteiger partial charge on any atom is -0.397 e. The van der Waals surface area contributed by atoms with Crippen molar-refractivity contribution in [2.45, 2.75) is 6.42 Å². The highest BCUT2D eigenvalue weighted by atomic mass is 35.5. The van der Waals surface area contributed by atoms with Gasteiger partial charge < -0.3 is 16.2 Å². The third-order valence-corrected chi connectivity index (χ3v) is 1.90. The van der Waals surface area contributed by atoms with Gasteiger partial charge in [0.15, 0.2) is 0 Å². The molecule has 4 heteroatoms. The van der Waals surface area contributed by atoms with Gasteiger partial charge in [-0.05, 0) is 24.6 Å². The zero-order chi connectivity index (χ0) is 9.68. The van der Waals surface area contributed by atoms with Gasteiger partial charge in [-0.3, -0.25) is 0 Å². The number of benzene rings is 1. The molecule has 0 atom stereocenters. The minimum atomic E-state index is 0.174. The molecular weight excluding hydrogens is 188 g/mol. The van der Waals surface area contributed by atoms with Gasteiger partial charge in [0.25, 0.3) is 0 Å². The summed E-state index contributed by atoms with van der Waals surface area (Å²) < 4.78 is 0. The molecule has 0 heterocycles. The number of nitrogens with one attached hydrogen (secondary N) is 1. The van der Waals surface area contributed by atoms with Crippen LogP contribution in [0.25, 0.3) is 0 Å². The number of hydrogen-bond acceptors (Lipinski definition) is 3. The summed E-state index contributed by atoms with van der Waals surface area (Å²) in [6.45, 7) is 0.870. The van der Waals surface area contributed by atoms with Crippen molar-refractivity contribution in [3.05, 3.63) is 23.2 Å². The van der Waals surface area contributed by atoms with Crippen LogP contribution in [0.2, 0.25) is 5.02 Å². The summed E-state index contributed by atoms with van der Waals surface area (Å²) in [5.41, 5.74) is 7.18. The molecule has 0 spiro atoms. The lowest BCUT2D eigenvalue weighted by Gasteiger charge is -2.08. The van der Waals surface area contributed by atoms with Crippen LogP contribution in [0, 0.1) is 0 Å². The molecule has 0 saturated carbocycles. The van der Waals surface area contributed by atoms with E-state index in [1.54, 1.807) is 18.2 Å². The van der Waals surface area contributed by atoms with Gasteiger partial charge in [0.2, 0.25) is 0 Å².